The third-order valence-corrected chi connectivity index (χ3v) is 8.22. The number of rotatable bonds is 34. The lowest BCUT2D eigenvalue weighted by atomic mass is 10.1. The fourth-order valence-electron chi connectivity index (χ4n) is 5.31. The second-order valence-corrected chi connectivity index (χ2v) is 12.6. The zero-order chi connectivity index (χ0) is 32.2. The van der Waals surface area contributed by atoms with Crippen LogP contribution in [0.3, 0.4) is 0 Å². The maximum Gasteiger partial charge on any atom is 0.306 e. The summed E-state index contributed by atoms with van der Waals surface area (Å²) < 4.78 is 10.6. The van der Waals surface area contributed by atoms with Gasteiger partial charge in [-0.1, -0.05) is 141 Å². The van der Waals surface area contributed by atoms with Crippen LogP contribution in [0.2, 0.25) is 0 Å². The second kappa shape index (κ2) is 35.9. The zero-order valence-corrected chi connectivity index (χ0v) is 29.2. The van der Waals surface area contributed by atoms with Gasteiger partial charge < -0.3 is 14.6 Å². The number of aliphatic hydroxyl groups excluding tert-OH is 1. The van der Waals surface area contributed by atoms with E-state index in [2.05, 4.69) is 38.2 Å². The number of hydrogen-bond donors (Lipinski definition) is 1. The number of ether oxygens (including phenoxy) is 2. The van der Waals surface area contributed by atoms with Gasteiger partial charge in [0.25, 0.3) is 0 Å². The first-order valence-corrected chi connectivity index (χ1v) is 18.9. The van der Waals surface area contributed by atoms with Crippen LogP contribution in [0.25, 0.3) is 0 Å². The molecule has 5 heteroatoms. The molecule has 258 valence electrons. The molecule has 0 bridgehead atoms. The molecule has 0 rings (SSSR count). The van der Waals surface area contributed by atoms with Crippen molar-refractivity contribution in [3.05, 3.63) is 24.3 Å². The third kappa shape index (κ3) is 33.3. The molecular weight excluding hydrogens is 548 g/mol. The first kappa shape index (κ1) is 42.4. The summed E-state index contributed by atoms with van der Waals surface area (Å²) in [6.45, 7) is 4.11. The highest BCUT2D eigenvalue weighted by Crippen LogP contribution is 2.13. The quantitative estimate of drug-likeness (QED) is 0.0440. The molecule has 0 unspecified atom stereocenters. The van der Waals surface area contributed by atoms with Gasteiger partial charge in [0.1, 0.15) is 6.61 Å². The van der Waals surface area contributed by atoms with Crippen molar-refractivity contribution < 1.29 is 24.2 Å². The number of carbonyl (C=O) groups excluding carboxylic acids is 2. The third-order valence-electron chi connectivity index (χ3n) is 8.22. The van der Waals surface area contributed by atoms with Gasteiger partial charge in [0.2, 0.25) is 0 Å². The molecule has 0 radical (unpaired) electrons. The Morgan fingerprint density at radius 2 is 0.841 bits per heavy atom. The lowest BCUT2D eigenvalue weighted by molar-refractivity contribution is -0.161. The molecule has 0 aromatic rings. The standard InChI is InChI=1S/C39H72O5/c1-3-5-7-9-11-13-15-17-19-21-23-25-27-29-31-33-38(41)43-36-37(35-40)44-39(42)34-32-30-28-26-24-22-20-18-16-14-12-10-8-6-4-2/h14,16-17,19,37,40H,3-13,15,18,20-36H2,1-2H3/t37-/m0/s1. The van der Waals surface area contributed by atoms with Gasteiger partial charge in [-0.15, -0.1) is 0 Å². The average molecular weight is 621 g/mol. The smallest absolute Gasteiger partial charge is 0.306 e. The molecule has 0 heterocycles. The Hall–Kier alpha value is -1.62. The van der Waals surface area contributed by atoms with Gasteiger partial charge in [0.05, 0.1) is 6.61 Å². The predicted molar refractivity (Wildman–Crippen MR) is 187 cm³/mol. The van der Waals surface area contributed by atoms with Crippen LogP contribution >= 0.6 is 0 Å². The van der Waals surface area contributed by atoms with E-state index in [0.717, 1.165) is 44.9 Å². The minimum Gasteiger partial charge on any atom is -0.462 e. The van der Waals surface area contributed by atoms with Crippen LogP contribution in [0, 0.1) is 0 Å². The van der Waals surface area contributed by atoms with E-state index in [4.69, 9.17) is 9.47 Å². The van der Waals surface area contributed by atoms with Gasteiger partial charge in [0.15, 0.2) is 6.10 Å². The van der Waals surface area contributed by atoms with E-state index in [-0.39, 0.29) is 25.2 Å². The minimum absolute atomic E-state index is 0.0693. The van der Waals surface area contributed by atoms with E-state index in [1.54, 1.807) is 0 Å². The van der Waals surface area contributed by atoms with E-state index >= 15 is 0 Å². The molecule has 44 heavy (non-hydrogen) atoms. The van der Waals surface area contributed by atoms with Gasteiger partial charge in [-0.2, -0.15) is 0 Å². The van der Waals surface area contributed by atoms with Crippen LogP contribution in [0.5, 0.6) is 0 Å². The van der Waals surface area contributed by atoms with Crippen LogP contribution in [0.4, 0.5) is 0 Å². The van der Waals surface area contributed by atoms with E-state index < -0.39 is 6.10 Å². The highest BCUT2D eigenvalue weighted by molar-refractivity contribution is 5.70. The van der Waals surface area contributed by atoms with E-state index in [9.17, 15) is 14.7 Å². The van der Waals surface area contributed by atoms with Crippen LogP contribution < -0.4 is 0 Å². The molecule has 0 aromatic heterocycles. The van der Waals surface area contributed by atoms with Crippen molar-refractivity contribution >= 4 is 11.9 Å². The number of aliphatic hydroxyl groups is 1. The molecule has 0 fully saturated rings. The van der Waals surface area contributed by atoms with E-state index in [0.29, 0.717) is 12.8 Å². The molecule has 1 N–H and O–H groups in total. The van der Waals surface area contributed by atoms with Crippen molar-refractivity contribution in [2.24, 2.45) is 0 Å². The molecule has 1 atom stereocenters. The number of unbranched alkanes of at least 4 members (excludes halogenated alkanes) is 22. The summed E-state index contributed by atoms with van der Waals surface area (Å²) in [7, 11) is 0. The Bertz CT molecular complexity index is 671. The van der Waals surface area contributed by atoms with Gasteiger partial charge in [-0.25, -0.2) is 0 Å². The van der Waals surface area contributed by atoms with Crippen LogP contribution in [0.15, 0.2) is 24.3 Å². The Labute approximate surface area is 273 Å². The zero-order valence-electron chi connectivity index (χ0n) is 29.2. The van der Waals surface area contributed by atoms with Crippen molar-refractivity contribution in [1.29, 1.82) is 0 Å². The van der Waals surface area contributed by atoms with E-state index in [1.165, 1.54) is 122 Å². The fourth-order valence-corrected chi connectivity index (χ4v) is 5.31. The topological polar surface area (TPSA) is 72.8 Å². The summed E-state index contributed by atoms with van der Waals surface area (Å²) in [5, 5.41) is 9.53. The fraction of sp³-hybridized carbons (Fsp3) is 0.846. The number of esters is 2. The summed E-state index contributed by atoms with van der Waals surface area (Å²) in [6.07, 6.45) is 40.9. The van der Waals surface area contributed by atoms with Gasteiger partial charge in [-0.05, 0) is 64.2 Å². The molecule has 5 nitrogen and oxygen atoms in total. The highest BCUT2D eigenvalue weighted by Gasteiger charge is 2.16. The average Bonchev–Trinajstić information content (AvgIpc) is 3.02. The Morgan fingerprint density at radius 3 is 1.25 bits per heavy atom. The summed E-state index contributed by atoms with van der Waals surface area (Å²) in [5.41, 5.74) is 0. The lowest BCUT2D eigenvalue weighted by Crippen LogP contribution is -2.28. The molecule has 0 aliphatic carbocycles. The Kier molecular flexibility index (Phi) is 34.5. The highest BCUT2D eigenvalue weighted by atomic mass is 16.6. The minimum atomic E-state index is -0.772. The van der Waals surface area contributed by atoms with Gasteiger partial charge >= 0.3 is 11.9 Å². The maximum absolute atomic E-state index is 12.1. The second-order valence-electron chi connectivity index (χ2n) is 12.6. The molecule has 0 aromatic carbocycles. The molecule has 0 saturated heterocycles. The first-order valence-electron chi connectivity index (χ1n) is 18.9. The van der Waals surface area contributed by atoms with Crippen molar-refractivity contribution in [3.63, 3.8) is 0 Å². The lowest BCUT2D eigenvalue weighted by Gasteiger charge is -2.15. The van der Waals surface area contributed by atoms with Crippen LogP contribution in [-0.4, -0.2) is 36.4 Å². The summed E-state index contributed by atoms with van der Waals surface area (Å²) in [6, 6.07) is 0. The Morgan fingerprint density at radius 1 is 0.500 bits per heavy atom. The monoisotopic (exact) mass is 621 g/mol. The molecule has 0 saturated carbocycles. The van der Waals surface area contributed by atoms with Crippen molar-refractivity contribution in [3.8, 4) is 0 Å². The molecular formula is C39H72O5. The summed E-state index contributed by atoms with van der Waals surface area (Å²) >= 11 is 0. The molecule has 0 aliphatic rings. The largest absolute Gasteiger partial charge is 0.462 e. The van der Waals surface area contributed by atoms with Crippen molar-refractivity contribution in [1.82, 2.24) is 0 Å². The van der Waals surface area contributed by atoms with Crippen molar-refractivity contribution in [2.75, 3.05) is 13.2 Å². The SMILES string of the molecule is CCCCCCC=CCCCCCCCCCC(=O)O[C@@H](CO)COC(=O)CCCCCCCC=CCCCCCCCC. The predicted octanol–water partition coefficient (Wildman–Crippen LogP) is 11.5. The number of allylic oxidation sites excluding steroid dienone is 4. The molecule has 0 aliphatic heterocycles. The van der Waals surface area contributed by atoms with Crippen LogP contribution in [0.1, 0.15) is 194 Å². The number of carbonyl (C=O) groups is 2. The summed E-state index contributed by atoms with van der Waals surface area (Å²) in [5.74, 6) is -0.602. The molecule has 0 amide bonds. The molecule has 0 spiro atoms. The van der Waals surface area contributed by atoms with Gasteiger partial charge in [0, 0.05) is 12.8 Å². The maximum atomic E-state index is 12.1. The van der Waals surface area contributed by atoms with Crippen LogP contribution in [-0.2, 0) is 19.1 Å². The normalized spacial score (nSPS) is 12.3. The first-order chi connectivity index (χ1) is 21.6. The summed E-state index contributed by atoms with van der Waals surface area (Å²) in [4.78, 5) is 24.2. The van der Waals surface area contributed by atoms with E-state index in [1.807, 2.05) is 0 Å². The number of hydrogen-bond acceptors (Lipinski definition) is 5. The van der Waals surface area contributed by atoms with Crippen molar-refractivity contribution in [2.45, 2.75) is 200 Å². The van der Waals surface area contributed by atoms with Gasteiger partial charge in [-0.3, -0.25) is 9.59 Å². The Balaban J connectivity index is 3.57.